The molecular formula is C17H19BrN2. The smallest absolute Gasteiger partial charge is 0.0359 e. The topological polar surface area (TPSA) is 29.3 Å². The van der Waals surface area contributed by atoms with Gasteiger partial charge in [-0.05, 0) is 42.2 Å². The Bertz CT molecular complexity index is 593. The van der Waals surface area contributed by atoms with E-state index in [1.165, 1.54) is 24.0 Å². The second-order valence-corrected chi connectivity index (χ2v) is 6.38. The molecule has 0 amide bonds. The highest BCUT2D eigenvalue weighted by atomic mass is 79.9. The Hall–Kier alpha value is -1.32. The van der Waals surface area contributed by atoms with E-state index in [0.717, 1.165) is 23.2 Å². The summed E-state index contributed by atoms with van der Waals surface area (Å²) in [5.74, 6) is 0. The van der Waals surface area contributed by atoms with Crippen LogP contribution in [0.3, 0.4) is 0 Å². The van der Waals surface area contributed by atoms with E-state index in [4.69, 9.17) is 5.73 Å². The second-order valence-electron chi connectivity index (χ2n) is 5.46. The average molecular weight is 331 g/mol. The lowest BCUT2D eigenvalue weighted by molar-refractivity contribution is 0.246. The van der Waals surface area contributed by atoms with Crippen LogP contribution in [0.5, 0.6) is 0 Å². The van der Waals surface area contributed by atoms with Crippen molar-refractivity contribution in [3.05, 3.63) is 64.1 Å². The van der Waals surface area contributed by atoms with Gasteiger partial charge in [-0.2, -0.15) is 0 Å². The molecule has 0 radical (unpaired) electrons. The Labute approximate surface area is 128 Å². The van der Waals surface area contributed by atoms with Crippen molar-refractivity contribution in [3.63, 3.8) is 0 Å². The van der Waals surface area contributed by atoms with Crippen molar-refractivity contribution in [1.82, 2.24) is 4.90 Å². The van der Waals surface area contributed by atoms with Crippen molar-refractivity contribution in [3.8, 4) is 0 Å². The molecule has 104 valence electrons. The first-order valence-electron chi connectivity index (χ1n) is 7.04. The van der Waals surface area contributed by atoms with Crippen LogP contribution < -0.4 is 5.73 Å². The third-order valence-corrected chi connectivity index (χ3v) is 4.26. The molecule has 0 spiro atoms. The van der Waals surface area contributed by atoms with E-state index in [1.54, 1.807) is 0 Å². The number of hydrogen-bond acceptors (Lipinski definition) is 2. The summed E-state index contributed by atoms with van der Waals surface area (Å²) in [4.78, 5) is 2.54. The predicted molar refractivity (Wildman–Crippen MR) is 87.3 cm³/mol. The summed E-state index contributed by atoms with van der Waals surface area (Å²) >= 11 is 3.54. The molecule has 1 aliphatic carbocycles. The van der Waals surface area contributed by atoms with Crippen molar-refractivity contribution in [2.24, 2.45) is 0 Å². The molecule has 2 N–H and O–H groups in total. The number of nitrogen functional groups attached to an aromatic ring is 1. The van der Waals surface area contributed by atoms with Gasteiger partial charge in [0.05, 0.1) is 0 Å². The maximum Gasteiger partial charge on any atom is 0.0359 e. The Morgan fingerprint density at radius 1 is 1.05 bits per heavy atom. The zero-order valence-electron chi connectivity index (χ0n) is 11.4. The Kier molecular flexibility index (Phi) is 4.08. The number of halogens is 1. The fraction of sp³-hybridized carbons (Fsp3) is 0.294. The molecular weight excluding hydrogens is 312 g/mol. The highest BCUT2D eigenvalue weighted by Crippen LogP contribution is 2.31. The lowest BCUT2D eigenvalue weighted by atomic mass is 10.1. The number of para-hydroxylation sites is 1. The van der Waals surface area contributed by atoms with E-state index in [0.29, 0.717) is 6.04 Å². The Morgan fingerprint density at radius 2 is 1.85 bits per heavy atom. The number of rotatable bonds is 5. The van der Waals surface area contributed by atoms with Gasteiger partial charge in [-0.3, -0.25) is 4.90 Å². The van der Waals surface area contributed by atoms with Gasteiger partial charge in [-0.25, -0.2) is 0 Å². The number of anilines is 1. The molecule has 20 heavy (non-hydrogen) atoms. The Morgan fingerprint density at radius 3 is 2.55 bits per heavy atom. The summed E-state index contributed by atoms with van der Waals surface area (Å²) in [6.45, 7) is 1.92. The molecule has 2 nitrogen and oxygen atoms in total. The van der Waals surface area contributed by atoms with Gasteiger partial charge in [0, 0.05) is 29.3 Å². The van der Waals surface area contributed by atoms with Gasteiger partial charge in [0.25, 0.3) is 0 Å². The van der Waals surface area contributed by atoms with Crippen LogP contribution >= 0.6 is 15.9 Å². The quantitative estimate of drug-likeness (QED) is 0.832. The SMILES string of the molecule is Nc1ccccc1CN(Cc1cccc(Br)c1)C1CC1. The van der Waals surface area contributed by atoms with Crippen molar-refractivity contribution in [2.75, 3.05) is 5.73 Å². The summed E-state index contributed by atoms with van der Waals surface area (Å²) < 4.78 is 1.14. The Balaban J connectivity index is 1.75. The summed E-state index contributed by atoms with van der Waals surface area (Å²) in [7, 11) is 0. The second kappa shape index (κ2) is 5.98. The summed E-state index contributed by atoms with van der Waals surface area (Å²) in [6, 6.07) is 17.4. The summed E-state index contributed by atoms with van der Waals surface area (Å²) in [5, 5.41) is 0. The highest BCUT2D eigenvalue weighted by molar-refractivity contribution is 9.10. The molecule has 2 aromatic carbocycles. The molecule has 1 aliphatic rings. The molecule has 0 bridgehead atoms. The van der Waals surface area contributed by atoms with Gasteiger partial charge in [0.15, 0.2) is 0 Å². The fourth-order valence-electron chi connectivity index (χ4n) is 2.52. The van der Waals surface area contributed by atoms with Crippen LogP contribution in [-0.4, -0.2) is 10.9 Å². The van der Waals surface area contributed by atoms with Gasteiger partial charge < -0.3 is 5.73 Å². The third-order valence-electron chi connectivity index (χ3n) is 3.77. The number of nitrogens with two attached hydrogens (primary N) is 1. The monoisotopic (exact) mass is 330 g/mol. The van der Waals surface area contributed by atoms with Crippen molar-refractivity contribution < 1.29 is 0 Å². The first-order chi connectivity index (χ1) is 9.72. The molecule has 3 heteroatoms. The largest absolute Gasteiger partial charge is 0.398 e. The van der Waals surface area contributed by atoms with Gasteiger partial charge in [-0.15, -0.1) is 0 Å². The van der Waals surface area contributed by atoms with E-state index in [1.807, 2.05) is 12.1 Å². The van der Waals surface area contributed by atoms with Gasteiger partial charge in [0.1, 0.15) is 0 Å². The standard InChI is InChI=1S/C17H19BrN2/c18-15-6-3-4-13(10-15)11-20(16-8-9-16)12-14-5-1-2-7-17(14)19/h1-7,10,16H,8-9,11-12,19H2. The minimum absolute atomic E-state index is 0.716. The summed E-state index contributed by atoms with van der Waals surface area (Å²) in [5.41, 5.74) is 9.55. The van der Waals surface area contributed by atoms with Crippen molar-refractivity contribution >= 4 is 21.6 Å². The van der Waals surface area contributed by atoms with E-state index in [-0.39, 0.29) is 0 Å². The predicted octanol–water partition coefficient (Wildman–Crippen LogP) is 4.20. The average Bonchev–Trinajstić information content (AvgIpc) is 3.25. The third kappa shape index (κ3) is 3.41. The van der Waals surface area contributed by atoms with Crippen LogP contribution in [0.25, 0.3) is 0 Å². The van der Waals surface area contributed by atoms with Gasteiger partial charge in [0.2, 0.25) is 0 Å². The lowest BCUT2D eigenvalue weighted by Gasteiger charge is -2.23. The maximum absolute atomic E-state index is 6.07. The fourth-order valence-corrected chi connectivity index (χ4v) is 2.97. The number of benzene rings is 2. The molecule has 0 heterocycles. The van der Waals surface area contributed by atoms with Crippen LogP contribution in [-0.2, 0) is 13.1 Å². The van der Waals surface area contributed by atoms with Crippen LogP contribution in [0.4, 0.5) is 5.69 Å². The van der Waals surface area contributed by atoms with Gasteiger partial charge >= 0.3 is 0 Å². The molecule has 0 unspecified atom stereocenters. The number of nitrogens with zero attached hydrogens (tertiary/aromatic N) is 1. The minimum Gasteiger partial charge on any atom is -0.398 e. The molecule has 0 aromatic heterocycles. The molecule has 0 saturated heterocycles. The molecule has 1 saturated carbocycles. The van der Waals surface area contributed by atoms with Crippen molar-refractivity contribution in [1.29, 1.82) is 0 Å². The number of hydrogen-bond donors (Lipinski definition) is 1. The van der Waals surface area contributed by atoms with Crippen LogP contribution in [0.15, 0.2) is 53.0 Å². The summed E-state index contributed by atoms with van der Waals surface area (Å²) in [6.07, 6.45) is 2.61. The maximum atomic E-state index is 6.07. The van der Waals surface area contributed by atoms with Crippen molar-refractivity contribution in [2.45, 2.75) is 32.0 Å². The molecule has 1 fully saturated rings. The molecule has 0 atom stereocenters. The highest BCUT2D eigenvalue weighted by Gasteiger charge is 2.29. The van der Waals surface area contributed by atoms with E-state index in [2.05, 4.69) is 57.2 Å². The zero-order valence-corrected chi connectivity index (χ0v) is 13.0. The van der Waals surface area contributed by atoms with Crippen LogP contribution in [0.2, 0.25) is 0 Å². The van der Waals surface area contributed by atoms with E-state index >= 15 is 0 Å². The molecule has 0 aliphatic heterocycles. The lowest BCUT2D eigenvalue weighted by Crippen LogP contribution is -2.25. The van der Waals surface area contributed by atoms with Gasteiger partial charge in [-0.1, -0.05) is 46.3 Å². The normalized spacial score (nSPS) is 14.7. The minimum atomic E-state index is 0.716. The zero-order chi connectivity index (χ0) is 13.9. The van der Waals surface area contributed by atoms with Crippen LogP contribution in [0.1, 0.15) is 24.0 Å². The molecule has 3 rings (SSSR count). The van der Waals surface area contributed by atoms with E-state index in [9.17, 15) is 0 Å². The van der Waals surface area contributed by atoms with E-state index < -0.39 is 0 Å². The first-order valence-corrected chi connectivity index (χ1v) is 7.83. The molecule has 2 aromatic rings. The first kappa shape index (κ1) is 13.7. The van der Waals surface area contributed by atoms with Crippen LogP contribution in [0, 0.1) is 0 Å².